The molecule has 1 nitrogen and oxygen atoms in total. The van der Waals surface area contributed by atoms with Crippen molar-refractivity contribution in [1.82, 2.24) is 0 Å². The Morgan fingerprint density at radius 1 is 1.62 bits per heavy atom. The second-order valence-corrected chi connectivity index (χ2v) is 2.23. The lowest BCUT2D eigenvalue weighted by Gasteiger charge is -1.82. The van der Waals surface area contributed by atoms with E-state index in [2.05, 4.69) is 16.2 Å². The molecule has 0 aliphatic rings. The second-order valence-electron chi connectivity index (χ2n) is 1.66. The summed E-state index contributed by atoms with van der Waals surface area (Å²) in [7, 11) is 2.51. The summed E-state index contributed by atoms with van der Waals surface area (Å²) < 4.78 is 5.20. The van der Waals surface area contributed by atoms with E-state index in [1.165, 1.54) is 0 Å². The predicted molar refractivity (Wildman–Crippen MR) is 37.4 cm³/mol. The number of hydrogen-bond acceptors (Lipinski definition) is 1. The highest BCUT2D eigenvalue weighted by Gasteiger charge is 1.91. The molecule has 0 saturated heterocycles. The predicted octanol–water partition coefficient (Wildman–Crippen LogP) is 1.34. The normalized spacial score (nSPS) is 9.75. The van der Waals surface area contributed by atoms with Crippen molar-refractivity contribution in [2.24, 2.45) is 0 Å². The summed E-state index contributed by atoms with van der Waals surface area (Å²) in [5, 5.41) is 0. The van der Waals surface area contributed by atoms with Crippen LogP contribution in [0.3, 0.4) is 0 Å². The van der Waals surface area contributed by atoms with Crippen molar-refractivity contribution < 1.29 is 4.42 Å². The van der Waals surface area contributed by atoms with Gasteiger partial charge in [-0.25, -0.2) is 0 Å². The molecule has 44 valence electrons. The molecule has 0 radical (unpaired) electrons. The van der Waals surface area contributed by atoms with Gasteiger partial charge in [0.05, 0.1) is 0 Å². The molecule has 0 spiro atoms. The molecule has 1 rings (SSSR count). The molecular formula is C6H9OP. The molecule has 0 aliphatic carbocycles. The highest BCUT2D eigenvalue weighted by atomic mass is 31.0. The van der Waals surface area contributed by atoms with E-state index in [1.807, 2.05) is 12.1 Å². The van der Waals surface area contributed by atoms with Crippen LogP contribution in [0.2, 0.25) is 0 Å². The van der Waals surface area contributed by atoms with Gasteiger partial charge in [0.1, 0.15) is 11.3 Å². The molecule has 0 aromatic carbocycles. The molecule has 1 atom stereocenters. The smallest absolute Gasteiger partial charge is 0.119 e. The van der Waals surface area contributed by atoms with Gasteiger partial charge in [-0.3, -0.25) is 0 Å². The number of hydrogen-bond donors (Lipinski definition) is 0. The summed E-state index contributed by atoms with van der Waals surface area (Å²) in [6, 6.07) is 3.94. The average Bonchev–Trinajstić information content (AvgIpc) is 2.14. The number of furan rings is 1. The first-order valence-corrected chi connectivity index (χ1v) is 3.25. The molecule has 0 N–H and O–H groups in total. The molecule has 1 heterocycles. The molecule has 2 heteroatoms. The van der Waals surface area contributed by atoms with Crippen LogP contribution >= 0.6 is 9.24 Å². The lowest BCUT2D eigenvalue weighted by Crippen LogP contribution is -1.78. The van der Waals surface area contributed by atoms with Gasteiger partial charge in [-0.15, -0.1) is 0 Å². The van der Waals surface area contributed by atoms with Crippen LogP contribution in [0.25, 0.3) is 0 Å². The lowest BCUT2D eigenvalue weighted by atomic mass is 10.4. The minimum absolute atomic E-state index is 0.918. The Hall–Kier alpha value is -0.290. The second kappa shape index (κ2) is 2.32. The van der Waals surface area contributed by atoms with E-state index in [0.29, 0.717) is 0 Å². The Labute approximate surface area is 51.3 Å². The molecule has 1 aromatic heterocycles. The van der Waals surface area contributed by atoms with E-state index in [4.69, 9.17) is 4.42 Å². The van der Waals surface area contributed by atoms with Crippen molar-refractivity contribution in [2.45, 2.75) is 13.3 Å². The van der Waals surface area contributed by atoms with Crippen LogP contribution in [0.5, 0.6) is 0 Å². The summed E-state index contributed by atoms with van der Waals surface area (Å²) in [6.07, 6.45) is 0.981. The van der Waals surface area contributed by atoms with Crippen molar-refractivity contribution in [3.63, 3.8) is 0 Å². The first-order chi connectivity index (χ1) is 3.83. The van der Waals surface area contributed by atoms with Gasteiger partial charge in [0.2, 0.25) is 0 Å². The zero-order chi connectivity index (χ0) is 5.98. The van der Waals surface area contributed by atoms with Gasteiger partial charge in [-0.05, 0) is 12.1 Å². The van der Waals surface area contributed by atoms with Crippen LogP contribution in [0.1, 0.15) is 12.7 Å². The van der Waals surface area contributed by atoms with Crippen LogP contribution in [0.4, 0.5) is 0 Å². The summed E-state index contributed by atoms with van der Waals surface area (Å²) >= 11 is 0. The molecule has 8 heavy (non-hydrogen) atoms. The Morgan fingerprint density at radius 3 is 2.62 bits per heavy atom. The Bertz CT molecular complexity index is 169. The van der Waals surface area contributed by atoms with Gasteiger partial charge in [0.15, 0.2) is 0 Å². The monoisotopic (exact) mass is 128 g/mol. The Balaban J connectivity index is 2.84. The molecule has 0 amide bonds. The van der Waals surface area contributed by atoms with Crippen LogP contribution in [0.15, 0.2) is 16.5 Å². The molecule has 1 aromatic rings. The maximum Gasteiger partial charge on any atom is 0.119 e. The summed E-state index contributed by atoms with van der Waals surface area (Å²) in [5.74, 6) is 1.05. The van der Waals surface area contributed by atoms with Gasteiger partial charge in [-0.2, -0.15) is 0 Å². The van der Waals surface area contributed by atoms with Gasteiger partial charge < -0.3 is 4.42 Å². The molecule has 0 saturated carbocycles. The lowest BCUT2D eigenvalue weighted by molar-refractivity contribution is 0.547. The summed E-state index contributed by atoms with van der Waals surface area (Å²) in [4.78, 5) is 0. The van der Waals surface area contributed by atoms with Crippen molar-refractivity contribution in [3.8, 4) is 0 Å². The van der Waals surface area contributed by atoms with E-state index in [1.54, 1.807) is 0 Å². The largest absolute Gasteiger partial charge is 0.462 e. The maximum absolute atomic E-state index is 5.20. The third-order valence-electron chi connectivity index (χ3n) is 1.03. The van der Waals surface area contributed by atoms with Crippen molar-refractivity contribution in [1.29, 1.82) is 0 Å². The first kappa shape index (κ1) is 5.84. The van der Waals surface area contributed by atoms with E-state index >= 15 is 0 Å². The van der Waals surface area contributed by atoms with Crippen molar-refractivity contribution in [2.75, 3.05) is 0 Å². The van der Waals surface area contributed by atoms with Gasteiger partial charge in [0.25, 0.3) is 0 Å². The van der Waals surface area contributed by atoms with E-state index in [9.17, 15) is 0 Å². The molecule has 0 bridgehead atoms. The fraction of sp³-hybridized carbons (Fsp3) is 0.333. The van der Waals surface area contributed by atoms with Crippen LogP contribution in [0, 0.1) is 0 Å². The fourth-order valence-corrected chi connectivity index (χ4v) is 0.832. The Morgan fingerprint density at radius 2 is 2.38 bits per heavy atom. The zero-order valence-corrected chi connectivity index (χ0v) is 6.00. The summed E-state index contributed by atoms with van der Waals surface area (Å²) in [6.45, 7) is 2.07. The van der Waals surface area contributed by atoms with Crippen LogP contribution < -0.4 is 5.50 Å². The van der Waals surface area contributed by atoms with Crippen LogP contribution in [-0.2, 0) is 6.42 Å². The standard InChI is InChI=1S/C6H9OP/c1-2-5-3-4-6(8)7-5/h3-4H,2,8H2,1H3. The topological polar surface area (TPSA) is 13.1 Å². The fourth-order valence-electron chi connectivity index (χ4n) is 0.585. The first-order valence-electron chi connectivity index (χ1n) is 2.67. The third kappa shape index (κ3) is 1.10. The zero-order valence-electron chi connectivity index (χ0n) is 4.85. The van der Waals surface area contributed by atoms with Crippen molar-refractivity contribution in [3.05, 3.63) is 17.9 Å². The minimum atomic E-state index is 0.918. The molecule has 0 fully saturated rings. The Kier molecular flexibility index (Phi) is 1.69. The van der Waals surface area contributed by atoms with E-state index < -0.39 is 0 Å². The number of aryl methyl sites for hydroxylation is 1. The molecule has 1 unspecified atom stereocenters. The third-order valence-corrected chi connectivity index (χ3v) is 1.34. The molecular weight excluding hydrogens is 119 g/mol. The quantitative estimate of drug-likeness (QED) is 0.520. The van der Waals surface area contributed by atoms with Gasteiger partial charge in [-0.1, -0.05) is 16.2 Å². The molecule has 0 aliphatic heterocycles. The van der Waals surface area contributed by atoms with E-state index in [0.717, 1.165) is 17.7 Å². The summed E-state index contributed by atoms with van der Waals surface area (Å²) in [5.41, 5.74) is 0.918. The minimum Gasteiger partial charge on any atom is -0.462 e. The van der Waals surface area contributed by atoms with Crippen LogP contribution in [-0.4, -0.2) is 0 Å². The highest BCUT2D eigenvalue weighted by molar-refractivity contribution is 7.26. The maximum atomic E-state index is 5.20. The van der Waals surface area contributed by atoms with Gasteiger partial charge >= 0.3 is 0 Å². The van der Waals surface area contributed by atoms with Crippen molar-refractivity contribution >= 4 is 14.7 Å². The van der Waals surface area contributed by atoms with Gasteiger partial charge in [0, 0.05) is 6.42 Å². The SMILES string of the molecule is CCc1ccc(P)o1. The number of rotatable bonds is 1. The average molecular weight is 128 g/mol. The highest BCUT2D eigenvalue weighted by Crippen LogP contribution is 2.00. The van der Waals surface area contributed by atoms with E-state index in [-0.39, 0.29) is 0 Å².